The molecule has 0 radical (unpaired) electrons. The minimum Gasteiger partial charge on any atom is -0.497 e. The summed E-state index contributed by atoms with van der Waals surface area (Å²) in [7, 11) is 3.21. The number of benzene rings is 1. The maximum absolute atomic E-state index is 5.58. The van der Waals surface area contributed by atoms with Gasteiger partial charge >= 0.3 is 0 Å². The summed E-state index contributed by atoms with van der Waals surface area (Å²) >= 11 is 1.28. The molecule has 0 amide bonds. The van der Waals surface area contributed by atoms with Crippen LogP contribution in [0.5, 0.6) is 11.5 Å². The fraction of sp³-hybridized carbons (Fsp3) is 0.273. The molecule has 0 aliphatic carbocycles. The van der Waals surface area contributed by atoms with Gasteiger partial charge in [-0.2, -0.15) is 0 Å². The third-order valence-corrected chi connectivity index (χ3v) is 3.07. The van der Waals surface area contributed by atoms with Crippen molar-refractivity contribution in [2.75, 3.05) is 14.2 Å². The van der Waals surface area contributed by atoms with Crippen molar-refractivity contribution in [3.63, 3.8) is 0 Å². The summed E-state index contributed by atoms with van der Waals surface area (Å²) in [5.74, 6) is 6.99. The Kier molecular flexibility index (Phi) is 4.08. The molecule has 3 N–H and O–H groups in total. The first-order valence-corrected chi connectivity index (χ1v) is 6.08. The third kappa shape index (κ3) is 2.58. The maximum atomic E-state index is 5.58. The molecule has 96 valence electrons. The van der Waals surface area contributed by atoms with Gasteiger partial charge in [0.2, 0.25) is 0 Å². The summed E-state index contributed by atoms with van der Waals surface area (Å²) in [5.41, 5.74) is 4.38. The van der Waals surface area contributed by atoms with Crippen LogP contribution in [0.4, 0.5) is 0 Å². The number of nitrogens with two attached hydrogens (primary N) is 1. The molecule has 0 fully saturated rings. The Balaban J connectivity index is 2.41. The lowest BCUT2D eigenvalue weighted by Gasteiger charge is -2.15. The van der Waals surface area contributed by atoms with Crippen molar-refractivity contribution in [3.8, 4) is 11.5 Å². The van der Waals surface area contributed by atoms with Crippen molar-refractivity contribution in [1.29, 1.82) is 0 Å². The SMILES string of the molecule is COc1cc(OC)cc(C(NN)c2csnn2)c1. The molecule has 0 bridgehead atoms. The number of hydrogen-bond donors (Lipinski definition) is 2. The van der Waals surface area contributed by atoms with Gasteiger partial charge in [-0.1, -0.05) is 4.49 Å². The number of ether oxygens (including phenoxy) is 2. The highest BCUT2D eigenvalue weighted by Crippen LogP contribution is 2.29. The van der Waals surface area contributed by atoms with Crippen LogP contribution in [0.25, 0.3) is 0 Å². The fourth-order valence-electron chi connectivity index (χ4n) is 1.65. The monoisotopic (exact) mass is 266 g/mol. The standard InChI is InChI=1S/C11H14N4O2S/c1-16-8-3-7(4-9(5-8)17-2)11(13-12)10-6-18-15-14-10/h3-6,11,13H,12H2,1-2H3. The van der Waals surface area contributed by atoms with Crippen LogP contribution in [0.2, 0.25) is 0 Å². The minimum absolute atomic E-state index is 0.243. The van der Waals surface area contributed by atoms with Crippen molar-refractivity contribution in [1.82, 2.24) is 15.0 Å². The van der Waals surface area contributed by atoms with E-state index in [0.717, 1.165) is 11.3 Å². The molecular formula is C11H14N4O2S. The lowest BCUT2D eigenvalue weighted by atomic mass is 10.0. The second-order valence-electron chi connectivity index (χ2n) is 3.58. The predicted molar refractivity (Wildman–Crippen MR) is 68.6 cm³/mol. The van der Waals surface area contributed by atoms with Crippen LogP contribution in [-0.4, -0.2) is 23.8 Å². The highest BCUT2D eigenvalue weighted by molar-refractivity contribution is 7.03. The van der Waals surface area contributed by atoms with E-state index in [-0.39, 0.29) is 6.04 Å². The highest BCUT2D eigenvalue weighted by atomic mass is 32.1. The molecule has 0 saturated carbocycles. The van der Waals surface area contributed by atoms with Gasteiger partial charge in [-0.15, -0.1) is 5.10 Å². The molecule has 0 saturated heterocycles. The summed E-state index contributed by atoms with van der Waals surface area (Å²) < 4.78 is 14.3. The number of rotatable bonds is 5. The summed E-state index contributed by atoms with van der Waals surface area (Å²) in [4.78, 5) is 0. The average molecular weight is 266 g/mol. The fourth-order valence-corrected chi connectivity index (χ4v) is 2.13. The van der Waals surface area contributed by atoms with E-state index >= 15 is 0 Å². The molecule has 0 aliphatic heterocycles. The average Bonchev–Trinajstić information content (AvgIpc) is 2.93. The van der Waals surface area contributed by atoms with Crippen LogP contribution < -0.4 is 20.7 Å². The highest BCUT2D eigenvalue weighted by Gasteiger charge is 2.17. The summed E-state index contributed by atoms with van der Waals surface area (Å²) in [6.07, 6.45) is 0. The van der Waals surface area contributed by atoms with Gasteiger partial charge in [0.1, 0.15) is 11.5 Å². The first kappa shape index (κ1) is 12.7. The summed E-state index contributed by atoms with van der Waals surface area (Å²) in [6, 6.07) is 5.32. The van der Waals surface area contributed by atoms with Crippen molar-refractivity contribution in [2.24, 2.45) is 5.84 Å². The maximum Gasteiger partial charge on any atom is 0.122 e. The van der Waals surface area contributed by atoms with Gasteiger partial charge in [0.05, 0.1) is 26.0 Å². The Morgan fingerprint density at radius 1 is 1.22 bits per heavy atom. The van der Waals surface area contributed by atoms with Gasteiger partial charge in [-0.05, 0) is 29.2 Å². The Bertz CT molecular complexity index is 481. The Morgan fingerprint density at radius 3 is 2.33 bits per heavy atom. The van der Waals surface area contributed by atoms with Crippen LogP contribution in [-0.2, 0) is 0 Å². The molecule has 1 atom stereocenters. The van der Waals surface area contributed by atoms with E-state index in [9.17, 15) is 0 Å². The molecule has 18 heavy (non-hydrogen) atoms. The molecule has 1 unspecified atom stereocenters. The number of hydrogen-bond acceptors (Lipinski definition) is 7. The lowest BCUT2D eigenvalue weighted by Crippen LogP contribution is -2.29. The first-order valence-electron chi connectivity index (χ1n) is 5.24. The van der Waals surface area contributed by atoms with Gasteiger partial charge in [-0.3, -0.25) is 5.84 Å². The van der Waals surface area contributed by atoms with Crippen LogP contribution in [0.1, 0.15) is 17.3 Å². The Morgan fingerprint density at radius 2 is 1.89 bits per heavy atom. The van der Waals surface area contributed by atoms with E-state index in [1.165, 1.54) is 11.5 Å². The topological polar surface area (TPSA) is 82.3 Å². The molecular weight excluding hydrogens is 252 g/mol. The molecule has 1 aromatic carbocycles. The smallest absolute Gasteiger partial charge is 0.122 e. The number of nitrogens with zero attached hydrogens (tertiary/aromatic N) is 2. The van der Waals surface area contributed by atoms with Gasteiger partial charge in [0.15, 0.2) is 0 Å². The second-order valence-corrected chi connectivity index (χ2v) is 4.19. The van der Waals surface area contributed by atoms with Gasteiger partial charge in [0.25, 0.3) is 0 Å². The van der Waals surface area contributed by atoms with Crippen LogP contribution in [0.3, 0.4) is 0 Å². The lowest BCUT2D eigenvalue weighted by molar-refractivity contribution is 0.392. The van der Waals surface area contributed by atoms with Crippen LogP contribution in [0.15, 0.2) is 23.6 Å². The number of aromatic nitrogens is 2. The Hall–Kier alpha value is -1.70. The van der Waals surface area contributed by atoms with Crippen molar-refractivity contribution in [2.45, 2.75) is 6.04 Å². The molecule has 0 spiro atoms. The largest absolute Gasteiger partial charge is 0.497 e. The molecule has 2 rings (SSSR count). The van der Waals surface area contributed by atoms with E-state index in [4.69, 9.17) is 15.3 Å². The van der Waals surface area contributed by atoms with E-state index < -0.39 is 0 Å². The third-order valence-electron chi connectivity index (χ3n) is 2.55. The van der Waals surface area contributed by atoms with E-state index in [2.05, 4.69) is 15.0 Å². The van der Waals surface area contributed by atoms with Crippen molar-refractivity contribution in [3.05, 3.63) is 34.8 Å². The molecule has 1 aromatic heterocycles. The van der Waals surface area contributed by atoms with Crippen molar-refractivity contribution >= 4 is 11.5 Å². The van der Waals surface area contributed by atoms with Gasteiger partial charge < -0.3 is 9.47 Å². The van der Waals surface area contributed by atoms with E-state index in [0.29, 0.717) is 11.5 Å². The number of methoxy groups -OCH3 is 2. The quantitative estimate of drug-likeness (QED) is 0.623. The molecule has 1 heterocycles. The van der Waals surface area contributed by atoms with E-state index in [1.807, 2.05) is 17.5 Å². The first-order chi connectivity index (χ1) is 8.78. The second kappa shape index (κ2) is 5.76. The van der Waals surface area contributed by atoms with Crippen LogP contribution >= 0.6 is 11.5 Å². The van der Waals surface area contributed by atoms with E-state index in [1.54, 1.807) is 20.3 Å². The minimum atomic E-state index is -0.243. The normalized spacial score (nSPS) is 12.2. The number of hydrazine groups is 1. The zero-order valence-electron chi connectivity index (χ0n) is 10.1. The zero-order chi connectivity index (χ0) is 13.0. The molecule has 0 aliphatic rings. The van der Waals surface area contributed by atoms with Gasteiger partial charge in [-0.25, -0.2) is 5.43 Å². The summed E-state index contributed by atoms with van der Waals surface area (Å²) in [5, 5.41) is 5.86. The van der Waals surface area contributed by atoms with Crippen molar-refractivity contribution < 1.29 is 9.47 Å². The molecule has 6 nitrogen and oxygen atoms in total. The number of nitrogens with one attached hydrogen (secondary N) is 1. The van der Waals surface area contributed by atoms with Crippen LogP contribution in [0, 0.1) is 0 Å². The van der Waals surface area contributed by atoms with Gasteiger partial charge in [0, 0.05) is 11.4 Å². The zero-order valence-corrected chi connectivity index (χ0v) is 10.9. The predicted octanol–water partition coefficient (Wildman–Crippen LogP) is 1.11. The Labute approximate surface area is 109 Å². The molecule has 7 heteroatoms. The molecule has 2 aromatic rings. The summed E-state index contributed by atoms with van der Waals surface area (Å²) in [6.45, 7) is 0.